The van der Waals surface area contributed by atoms with Gasteiger partial charge >= 0.3 is 0 Å². The number of aliphatic imine (C=N–C) groups is 1. The molecule has 0 aliphatic heterocycles. The van der Waals surface area contributed by atoms with Crippen LogP contribution in [-0.4, -0.2) is 11.1 Å². The summed E-state index contributed by atoms with van der Waals surface area (Å²) in [5.74, 6) is 0. The minimum atomic E-state index is -0.435. The molecule has 0 saturated carbocycles. The molecular weight excluding hydrogens is 332 g/mol. The van der Waals surface area contributed by atoms with Crippen molar-refractivity contribution >= 4 is 45.1 Å². The van der Waals surface area contributed by atoms with Crippen molar-refractivity contribution in [2.45, 2.75) is 0 Å². The van der Waals surface area contributed by atoms with Gasteiger partial charge in [0.1, 0.15) is 0 Å². The lowest BCUT2D eigenvalue weighted by Gasteiger charge is -1.98. The van der Waals surface area contributed by atoms with Crippen LogP contribution in [0.3, 0.4) is 0 Å². The van der Waals surface area contributed by atoms with Crippen LogP contribution in [0.15, 0.2) is 51.9 Å². The lowest BCUT2D eigenvalue weighted by Crippen LogP contribution is -1.88. The van der Waals surface area contributed by atoms with Gasteiger partial charge in [-0.15, -0.1) is 0 Å². The van der Waals surface area contributed by atoms with E-state index in [1.165, 1.54) is 12.1 Å². The van der Waals surface area contributed by atoms with Crippen molar-refractivity contribution in [2.24, 2.45) is 4.99 Å². The molecule has 96 valence electrons. The normalized spacial score (nSPS) is 10.8. The van der Waals surface area contributed by atoms with Crippen LogP contribution in [0.1, 0.15) is 5.56 Å². The van der Waals surface area contributed by atoms with Gasteiger partial charge in [-0.25, -0.2) is 0 Å². The SMILES string of the molecule is O=[N+]([O-])c1ccc(C=Nc2ccc(Br)c(Cl)c2)cc1. The molecule has 2 rings (SSSR count). The monoisotopic (exact) mass is 338 g/mol. The second kappa shape index (κ2) is 5.95. The predicted octanol–water partition coefficient (Wildman–Crippen LogP) is 4.76. The maximum Gasteiger partial charge on any atom is 0.269 e. The zero-order valence-corrected chi connectivity index (χ0v) is 11.9. The summed E-state index contributed by atoms with van der Waals surface area (Å²) in [5, 5.41) is 11.1. The van der Waals surface area contributed by atoms with Crippen molar-refractivity contribution < 1.29 is 4.92 Å². The number of nitro benzene ring substituents is 1. The van der Waals surface area contributed by atoms with Crippen molar-refractivity contribution in [3.05, 3.63) is 67.6 Å². The van der Waals surface area contributed by atoms with Crippen LogP contribution in [0, 0.1) is 10.1 Å². The molecule has 0 saturated heterocycles. The predicted molar refractivity (Wildman–Crippen MR) is 79.5 cm³/mol. The third kappa shape index (κ3) is 3.62. The molecule has 0 spiro atoms. The maximum atomic E-state index is 10.5. The lowest BCUT2D eigenvalue weighted by atomic mass is 10.2. The van der Waals surface area contributed by atoms with E-state index in [1.807, 2.05) is 12.1 Å². The second-order valence-electron chi connectivity index (χ2n) is 3.71. The molecule has 0 aromatic heterocycles. The van der Waals surface area contributed by atoms with E-state index in [9.17, 15) is 10.1 Å². The Morgan fingerprint density at radius 2 is 1.89 bits per heavy atom. The van der Waals surface area contributed by atoms with E-state index in [1.54, 1.807) is 24.4 Å². The van der Waals surface area contributed by atoms with E-state index >= 15 is 0 Å². The van der Waals surface area contributed by atoms with Crippen LogP contribution in [-0.2, 0) is 0 Å². The van der Waals surface area contributed by atoms with Crippen molar-refractivity contribution in [2.75, 3.05) is 0 Å². The zero-order chi connectivity index (χ0) is 13.8. The molecule has 0 amide bonds. The van der Waals surface area contributed by atoms with Crippen molar-refractivity contribution in [1.82, 2.24) is 0 Å². The molecule has 2 aromatic carbocycles. The highest BCUT2D eigenvalue weighted by Crippen LogP contribution is 2.26. The van der Waals surface area contributed by atoms with Crippen molar-refractivity contribution in [3.8, 4) is 0 Å². The van der Waals surface area contributed by atoms with Crippen LogP contribution >= 0.6 is 27.5 Å². The first-order chi connectivity index (χ1) is 9.06. The highest BCUT2D eigenvalue weighted by atomic mass is 79.9. The van der Waals surface area contributed by atoms with E-state index in [-0.39, 0.29) is 5.69 Å². The minimum Gasteiger partial charge on any atom is -0.258 e. The summed E-state index contributed by atoms with van der Waals surface area (Å²) in [6.45, 7) is 0. The molecule has 0 N–H and O–H groups in total. The molecule has 0 fully saturated rings. The number of nitro groups is 1. The fourth-order valence-corrected chi connectivity index (χ4v) is 1.82. The van der Waals surface area contributed by atoms with Crippen LogP contribution in [0.25, 0.3) is 0 Å². The molecule has 4 nitrogen and oxygen atoms in total. The maximum absolute atomic E-state index is 10.5. The van der Waals surface area contributed by atoms with Gasteiger partial charge in [0.25, 0.3) is 5.69 Å². The highest BCUT2D eigenvalue weighted by Gasteiger charge is 2.02. The molecular formula is C13H8BrClN2O2. The molecule has 0 bridgehead atoms. The average Bonchev–Trinajstić information content (AvgIpc) is 2.40. The number of non-ortho nitro benzene ring substituents is 1. The first kappa shape index (κ1) is 13.7. The van der Waals surface area contributed by atoms with Gasteiger partial charge in [0.05, 0.1) is 15.6 Å². The molecule has 0 atom stereocenters. The van der Waals surface area contributed by atoms with Gasteiger partial charge in [-0.2, -0.15) is 0 Å². The molecule has 2 aromatic rings. The van der Waals surface area contributed by atoms with Gasteiger partial charge in [-0.3, -0.25) is 15.1 Å². The Morgan fingerprint density at radius 3 is 2.47 bits per heavy atom. The highest BCUT2D eigenvalue weighted by molar-refractivity contribution is 9.10. The summed E-state index contributed by atoms with van der Waals surface area (Å²) in [4.78, 5) is 14.3. The zero-order valence-electron chi connectivity index (χ0n) is 9.59. The Bertz CT molecular complexity index is 642. The molecule has 6 heteroatoms. The van der Waals surface area contributed by atoms with E-state index < -0.39 is 4.92 Å². The van der Waals surface area contributed by atoms with E-state index in [4.69, 9.17) is 11.6 Å². The molecule has 0 heterocycles. The van der Waals surface area contributed by atoms with Crippen LogP contribution in [0.5, 0.6) is 0 Å². The quantitative estimate of drug-likeness (QED) is 0.460. The molecule has 0 unspecified atom stereocenters. The topological polar surface area (TPSA) is 55.5 Å². The van der Waals surface area contributed by atoms with Gasteiger partial charge in [-0.05, 0) is 51.8 Å². The largest absolute Gasteiger partial charge is 0.269 e. The van der Waals surface area contributed by atoms with Gasteiger partial charge < -0.3 is 0 Å². The third-order valence-corrected chi connectivity index (χ3v) is 3.60. The van der Waals surface area contributed by atoms with Gasteiger partial charge in [-0.1, -0.05) is 11.6 Å². The average molecular weight is 340 g/mol. The van der Waals surface area contributed by atoms with Crippen molar-refractivity contribution in [3.63, 3.8) is 0 Å². The summed E-state index contributed by atoms with van der Waals surface area (Å²) in [6.07, 6.45) is 1.63. The van der Waals surface area contributed by atoms with Crippen LogP contribution in [0.2, 0.25) is 5.02 Å². The van der Waals surface area contributed by atoms with E-state index in [2.05, 4.69) is 20.9 Å². The van der Waals surface area contributed by atoms with Gasteiger partial charge in [0.15, 0.2) is 0 Å². The smallest absolute Gasteiger partial charge is 0.258 e. The van der Waals surface area contributed by atoms with Crippen LogP contribution < -0.4 is 0 Å². The van der Waals surface area contributed by atoms with E-state index in [0.29, 0.717) is 10.7 Å². The van der Waals surface area contributed by atoms with Crippen LogP contribution in [0.4, 0.5) is 11.4 Å². The lowest BCUT2D eigenvalue weighted by molar-refractivity contribution is -0.384. The summed E-state index contributed by atoms with van der Waals surface area (Å²) in [5.41, 5.74) is 1.56. The fraction of sp³-hybridized carbons (Fsp3) is 0. The fourth-order valence-electron chi connectivity index (χ4n) is 1.40. The first-order valence-corrected chi connectivity index (χ1v) is 6.47. The molecule has 0 radical (unpaired) electrons. The summed E-state index contributed by atoms with van der Waals surface area (Å²) >= 11 is 9.25. The number of hydrogen-bond donors (Lipinski definition) is 0. The Hall–Kier alpha value is -1.72. The summed E-state index contributed by atoms with van der Waals surface area (Å²) in [7, 11) is 0. The third-order valence-electron chi connectivity index (χ3n) is 2.37. The number of hydrogen-bond acceptors (Lipinski definition) is 3. The number of nitrogens with zero attached hydrogens (tertiary/aromatic N) is 2. The minimum absolute atomic E-state index is 0.0591. The second-order valence-corrected chi connectivity index (χ2v) is 4.97. The Morgan fingerprint density at radius 1 is 1.21 bits per heavy atom. The number of rotatable bonds is 3. The Balaban J connectivity index is 2.17. The molecule has 0 aliphatic carbocycles. The standard InChI is InChI=1S/C13H8BrClN2O2/c14-12-6-3-10(7-13(12)15)16-8-9-1-4-11(5-2-9)17(18)19/h1-8H. The Labute approximate surface area is 123 Å². The molecule has 19 heavy (non-hydrogen) atoms. The Kier molecular flexibility index (Phi) is 4.29. The van der Waals surface area contributed by atoms with Gasteiger partial charge in [0.2, 0.25) is 0 Å². The summed E-state index contributed by atoms with van der Waals surface area (Å²) in [6, 6.07) is 11.5. The number of benzene rings is 2. The summed E-state index contributed by atoms with van der Waals surface area (Å²) < 4.78 is 0.809. The van der Waals surface area contributed by atoms with E-state index in [0.717, 1.165) is 10.0 Å². The van der Waals surface area contributed by atoms with Gasteiger partial charge in [0, 0.05) is 22.8 Å². The number of halogens is 2. The first-order valence-electron chi connectivity index (χ1n) is 5.30. The van der Waals surface area contributed by atoms with Crippen molar-refractivity contribution in [1.29, 1.82) is 0 Å². The molecule has 0 aliphatic rings.